The van der Waals surface area contributed by atoms with Crippen molar-refractivity contribution < 1.29 is 13.3 Å². The van der Waals surface area contributed by atoms with Crippen LogP contribution in [0.2, 0.25) is 0 Å². The van der Waals surface area contributed by atoms with E-state index in [1.807, 2.05) is 6.92 Å². The van der Waals surface area contributed by atoms with Gasteiger partial charge in [0.2, 0.25) is 0 Å². The molecule has 116 valence electrons. The molecule has 0 amide bonds. The van der Waals surface area contributed by atoms with E-state index in [2.05, 4.69) is 4.72 Å². The predicted molar refractivity (Wildman–Crippen MR) is 84.3 cm³/mol. The second-order valence-electron chi connectivity index (χ2n) is 4.77. The molecule has 2 aromatic carbocycles. The smallest absolute Gasteiger partial charge is 0.269 e. The van der Waals surface area contributed by atoms with Crippen molar-refractivity contribution >= 4 is 21.4 Å². The SMILES string of the molecule is CCCc1cc([N+](=O)[O-])ccc1NS(=O)(=O)c1ccccc1. The first-order valence-corrected chi connectivity index (χ1v) is 8.27. The van der Waals surface area contributed by atoms with Crippen molar-refractivity contribution in [2.75, 3.05) is 4.72 Å². The maximum absolute atomic E-state index is 12.3. The molecule has 0 heterocycles. The van der Waals surface area contributed by atoms with Gasteiger partial charge in [-0.2, -0.15) is 0 Å². The minimum atomic E-state index is -3.71. The zero-order valence-electron chi connectivity index (χ0n) is 12.0. The molecule has 2 rings (SSSR count). The van der Waals surface area contributed by atoms with Crippen LogP contribution in [0.1, 0.15) is 18.9 Å². The van der Waals surface area contributed by atoms with E-state index in [9.17, 15) is 18.5 Å². The Morgan fingerprint density at radius 1 is 1.14 bits per heavy atom. The van der Waals surface area contributed by atoms with Gasteiger partial charge in [0, 0.05) is 12.1 Å². The number of nitro groups is 1. The average molecular weight is 320 g/mol. The Hall–Kier alpha value is -2.41. The first-order chi connectivity index (χ1) is 10.4. The molecule has 0 aliphatic rings. The Labute approximate surface area is 129 Å². The van der Waals surface area contributed by atoms with E-state index in [1.165, 1.54) is 30.3 Å². The minimum absolute atomic E-state index is 0.0499. The maximum atomic E-state index is 12.3. The lowest BCUT2D eigenvalue weighted by molar-refractivity contribution is -0.384. The summed E-state index contributed by atoms with van der Waals surface area (Å²) in [6.07, 6.45) is 1.30. The zero-order chi connectivity index (χ0) is 16.2. The summed E-state index contributed by atoms with van der Waals surface area (Å²) in [6, 6.07) is 12.1. The molecule has 0 fully saturated rings. The fourth-order valence-corrected chi connectivity index (χ4v) is 3.19. The topological polar surface area (TPSA) is 89.3 Å². The van der Waals surface area contributed by atoms with Crippen LogP contribution in [0.5, 0.6) is 0 Å². The molecule has 0 aliphatic heterocycles. The number of anilines is 1. The number of hydrogen-bond donors (Lipinski definition) is 1. The normalized spacial score (nSPS) is 11.1. The number of nitrogens with one attached hydrogen (secondary N) is 1. The number of benzene rings is 2. The first-order valence-electron chi connectivity index (χ1n) is 6.79. The summed E-state index contributed by atoms with van der Waals surface area (Å²) < 4.78 is 27.2. The quantitative estimate of drug-likeness (QED) is 0.653. The summed E-state index contributed by atoms with van der Waals surface area (Å²) in [5.41, 5.74) is 0.929. The summed E-state index contributed by atoms with van der Waals surface area (Å²) in [7, 11) is -3.71. The molecular weight excluding hydrogens is 304 g/mol. The van der Waals surface area contributed by atoms with Gasteiger partial charge in [-0.25, -0.2) is 8.42 Å². The van der Waals surface area contributed by atoms with Gasteiger partial charge in [0.15, 0.2) is 0 Å². The number of rotatable bonds is 6. The first kappa shape index (κ1) is 16.0. The third-order valence-electron chi connectivity index (χ3n) is 3.12. The van der Waals surface area contributed by atoms with E-state index in [1.54, 1.807) is 18.2 Å². The highest BCUT2D eigenvalue weighted by molar-refractivity contribution is 7.92. The van der Waals surface area contributed by atoms with E-state index >= 15 is 0 Å². The largest absolute Gasteiger partial charge is 0.279 e. The van der Waals surface area contributed by atoms with Gasteiger partial charge in [-0.1, -0.05) is 31.5 Å². The lowest BCUT2D eigenvalue weighted by Gasteiger charge is -2.12. The Bertz CT molecular complexity index is 773. The van der Waals surface area contributed by atoms with E-state index < -0.39 is 14.9 Å². The Balaban J connectivity index is 2.38. The summed E-state index contributed by atoms with van der Waals surface area (Å²) in [6.45, 7) is 1.92. The van der Waals surface area contributed by atoms with Crippen molar-refractivity contribution in [1.82, 2.24) is 0 Å². The molecule has 0 spiro atoms. The highest BCUT2D eigenvalue weighted by Crippen LogP contribution is 2.25. The Morgan fingerprint density at radius 3 is 2.41 bits per heavy atom. The van der Waals surface area contributed by atoms with Crippen molar-refractivity contribution in [2.45, 2.75) is 24.7 Å². The van der Waals surface area contributed by atoms with Gasteiger partial charge >= 0.3 is 0 Å². The number of hydrogen-bond acceptors (Lipinski definition) is 4. The van der Waals surface area contributed by atoms with Crippen molar-refractivity contribution in [3.8, 4) is 0 Å². The average Bonchev–Trinajstić information content (AvgIpc) is 2.50. The lowest BCUT2D eigenvalue weighted by Crippen LogP contribution is -2.14. The lowest BCUT2D eigenvalue weighted by atomic mass is 10.1. The molecule has 0 aromatic heterocycles. The van der Waals surface area contributed by atoms with Crippen LogP contribution in [-0.2, 0) is 16.4 Å². The van der Waals surface area contributed by atoms with Crippen molar-refractivity contribution in [3.05, 3.63) is 64.2 Å². The van der Waals surface area contributed by atoms with Gasteiger partial charge in [-0.05, 0) is 30.2 Å². The van der Waals surface area contributed by atoms with Gasteiger partial charge < -0.3 is 0 Å². The molecule has 0 saturated carbocycles. The van der Waals surface area contributed by atoms with Crippen LogP contribution in [-0.4, -0.2) is 13.3 Å². The number of aryl methyl sites for hydroxylation is 1. The fraction of sp³-hybridized carbons (Fsp3) is 0.200. The van der Waals surface area contributed by atoms with Crippen LogP contribution in [0.4, 0.5) is 11.4 Å². The minimum Gasteiger partial charge on any atom is -0.279 e. The molecule has 22 heavy (non-hydrogen) atoms. The van der Waals surface area contributed by atoms with Crippen LogP contribution in [0.3, 0.4) is 0 Å². The van der Waals surface area contributed by atoms with E-state index in [-0.39, 0.29) is 10.6 Å². The van der Waals surface area contributed by atoms with Crippen molar-refractivity contribution in [3.63, 3.8) is 0 Å². The standard InChI is InChI=1S/C15H16N2O4S/c1-2-6-12-11-13(17(18)19)9-10-15(12)16-22(20,21)14-7-4-3-5-8-14/h3-5,7-11,16H,2,6H2,1H3. The van der Waals surface area contributed by atoms with Crippen LogP contribution in [0.25, 0.3) is 0 Å². The highest BCUT2D eigenvalue weighted by atomic mass is 32.2. The fourth-order valence-electron chi connectivity index (χ4n) is 2.07. The summed E-state index contributed by atoms with van der Waals surface area (Å²) in [5, 5.41) is 10.8. The molecule has 0 saturated heterocycles. The summed E-state index contributed by atoms with van der Waals surface area (Å²) >= 11 is 0. The number of nitro benzene ring substituents is 1. The number of sulfonamides is 1. The molecule has 7 heteroatoms. The second-order valence-corrected chi connectivity index (χ2v) is 6.45. The number of nitrogens with zero attached hydrogens (tertiary/aromatic N) is 1. The summed E-state index contributed by atoms with van der Waals surface area (Å²) in [4.78, 5) is 10.5. The Kier molecular flexibility index (Phi) is 4.77. The van der Waals surface area contributed by atoms with Gasteiger partial charge in [-0.3, -0.25) is 14.8 Å². The molecule has 6 nitrogen and oxygen atoms in total. The van der Waals surface area contributed by atoms with Crippen LogP contribution in [0.15, 0.2) is 53.4 Å². The van der Waals surface area contributed by atoms with Gasteiger partial charge in [0.25, 0.3) is 15.7 Å². The maximum Gasteiger partial charge on any atom is 0.269 e. The molecule has 0 unspecified atom stereocenters. The molecule has 2 aromatic rings. The van der Waals surface area contributed by atoms with E-state index in [4.69, 9.17) is 0 Å². The van der Waals surface area contributed by atoms with Crippen molar-refractivity contribution in [2.24, 2.45) is 0 Å². The van der Waals surface area contributed by atoms with Crippen molar-refractivity contribution in [1.29, 1.82) is 0 Å². The van der Waals surface area contributed by atoms with Gasteiger partial charge in [-0.15, -0.1) is 0 Å². The molecular formula is C15H16N2O4S. The molecule has 1 N–H and O–H groups in total. The third-order valence-corrected chi connectivity index (χ3v) is 4.50. The molecule has 0 radical (unpaired) electrons. The van der Waals surface area contributed by atoms with Gasteiger partial charge in [0.05, 0.1) is 15.5 Å². The van der Waals surface area contributed by atoms with Crippen LogP contribution >= 0.6 is 0 Å². The number of non-ortho nitro benzene ring substituents is 1. The molecule has 0 bridgehead atoms. The van der Waals surface area contributed by atoms with Crippen LogP contribution in [0, 0.1) is 10.1 Å². The monoisotopic (exact) mass is 320 g/mol. The predicted octanol–water partition coefficient (Wildman–Crippen LogP) is 3.35. The molecule has 0 aliphatic carbocycles. The van der Waals surface area contributed by atoms with E-state index in [0.717, 1.165) is 6.42 Å². The zero-order valence-corrected chi connectivity index (χ0v) is 12.8. The second kappa shape index (κ2) is 6.57. The third kappa shape index (κ3) is 3.62. The van der Waals surface area contributed by atoms with Gasteiger partial charge in [0.1, 0.15) is 0 Å². The van der Waals surface area contributed by atoms with E-state index in [0.29, 0.717) is 17.7 Å². The summed E-state index contributed by atoms with van der Waals surface area (Å²) in [5.74, 6) is 0. The Morgan fingerprint density at radius 2 is 1.82 bits per heavy atom. The van der Waals surface area contributed by atoms with Crippen LogP contribution < -0.4 is 4.72 Å². The highest BCUT2D eigenvalue weighted by Gasteiger charge is 2.17. The molecule has 0 atom stereocenters.